The zero-order chi connectivity index (χ0) is 12.0. The Hall–Kier alpha value is -0.340. The molecule has 90 valence electrons. The fourth-order valence-electron chi connectivity index (χ4n) is 1.87. The van der Waals surface area contributed by atoms with Gasteiger partial charge in [-0.15, -0.1) is 0 Å². The Morgan fingerprint density at radius 1 is 1.31 bits per heavy atom. The Morgan fingerprint density at radius 2 is 2.00 bits per heavy atom. The van der Waals surface area contributed by atoms with Crippen molar-refractivity contribution in [3.63, 3.8) is 0 Å². The minimum Gasteiger partial charge on any atom is -0.302 e. The standard InChI is InChI=1S/C14H22BrN/c1-4-13(9-15)10-16(3)11-14-8-6-5-7-12(14)2/h5-8,13H,4,9-11H2,1-3H3. The summed E-state index contributed by atoms with van der Waals surface area (Å²) >= 11 is 3.58. The normalized spacial score (nSPS) is 13.1. The number of nitrogens with zero attached hydrogens (tertiary/aromatic N) is 1. The van der Waals surface area contributed by atoms with Crippen LogP contribution in [0.2, 0.25) is 0 Å². The van der Waals surface area contributed by atoms with Gasteiger partial charge in [-0.25, -0.2) is 0 Å². The summed E-state index contributed by atoms with van der Waals surface area (Å²) in [5.41, 5.74) is 2.83. The molecule has 0 aliphatic heterocycles. The van der Waals surface area contributed by atoms with Gasteiger partial charge in [-0.1, -0.05) is 53.5 Å². The van der Waals surface area contributed by atoms with Crippen LogP contribution in [0.1, 0.15) is 24.5 Å². The van der Waals surface area contributed by atoms with E-state index in [1.807, 2.05) is 0 Å². The molecule has 0 fully saturated rings. The van der Waals surface area contributed by atoms with Gasteiger partial charge in [-0.05, 0) is 31.0 Å². The number of hydrogen-bond donors (Lipinski definition) is 0. The molecule has 2 heteroatoms. The van der Waals surface area contributed by atoms with Gasteiger partial charge in [0.05, 0.1) is 0 Å². The van der Waals surface area contributed by atoms with E-state index in [0.29, 0.717) is 0 Å². The first-order valence-electron chi connectivity index (χ1n) is 5.96. The first kappa shape index (κ1) is 13.7. The van der Waals surface area contributed by atoms with Crippen molar-refractivity contribution in [2.24, 2.45) is 5.92 Å². The van der Waals surface area contributed by atoms with E-state index >= 15 is 0 Å². The second-order valence-electron chi connectivity index (χ2n) is 4.55. The van der Waals surface area contributed by atoms with Crippen LogP contribution in [0.5, 0.6) is 0 Å². The molecule has 0 spiro atoms. The summed E-state index contributed by atoms with van der Waals surface area (Å²) in [6, 6.07) is 8.63. The van der Waals surface area contributed by atoms with Crippen molar-refractivity contribution in [1.82, 2.24) is 4.90 Å². The first-order chi connectivity index (χ1) is 7.67. The molecule has 0 saturated heterocycles. The number of hydrogen-bond acceptors (Lipinski definition) is 1. The lowest BCUT2D eigenvalue weighted by molar-refractivity contribution is 0.278. The van der Waals surface area contributed by atoms with Crippen molar-refractivity contribution in [3.05, 3.63) is 35.4 Å². The third-order valence-corrected chi connectivity index (χ3v) is 3.98. The maximum atomic E-state index is 3.58. The number of rotatable bonds is 6. The van der Waals surface area contributed by atoms with Crippen molar-refractivity contribution in [3.8, 4) is 0 Å². The van der Waals surface area contributed by atoms with E-state index in [4.69, 9.17) is 0 Å². The molecule has 0 N–H and O–H groups in total. The molecule has 1 aromatic rings. The molecule has 0 aliphatic carbocycles. The van der Waals surface area contributed by atoms with Crippen LogP contribution in [-0.2, 0) is 6.54 Å². The van der Waals surface area contributed by atoms with Crippen molar-refractivity contribution in [1.29, 1.82) is 0 Å². The molecular weight excluding hydrogens is 262 g/mol. The molecule has 16 heavy (non-hydrogen) atoms. The monoisotopic (exact) mass is 283 g/mol. The van der Waals surface area contributed by atoms with Gasteiger partial charge in [0.15, 0.2) is 0 Å². The molecule has 0 heterocycles. The number of alkyl halides is 1. The molecule has 0 aromatic heterocycles. The molecular formula is C14H22BrN. The summed E-state index contributed by atoms with van der Waals surface area (Å²) in [5, 5.41) is 1.10. The van der Waals surface area contributed by atoms with Gasteiger partial charge in [0, 0.05) is 18.4 Å². The molecule has 1 aromatic carbocycles. The number of halogens is 1. The third kappa shape index (κ3) is 4.26. The van der Waals surface area contributed by atoms with Crippen LogP contribution < -0.4 is 0 Å². The highest BCUT2D eigenvalue weighted by molar-refractivity contribution is 9.09. The molecule has 0 saturated carbocycles. The average Bonchev–Trinajstić information content (AvgIpc) is 2.29. The Kier molecular flexibility index (Phi) is 6.07. The first-order valence-corrected chi connectivity index (χ1v) is 7.08. The summed E-state index contributed by atoms with van der Waals surface area (Å²) in [5.74, 6) is 0.758. The summed E-state index contributed by atoms with van der Waals surface area (Å²) in [4.78, 5) is 2.41. The topological polar surface area (TPSA) is 3.24 Å². The highest BCUT2D eigenvalue weighted by atomic mass is 79.9. The molecule has 1 rings (SSSR count). The lowest BCUT2D eigenvalue weighted by Crippen LogP contribution is -2.26. The fourth-order valence-corrected chi connectivity index (χ4v) is 2.53. The summed E-state index contributed by atoms with van der Waals surface area (Å²) in [6.45, 7) is 6.66. The van der Waals surface area contributed by atoms with E-state index in [-0.39, 0.29) is 0 Å². The van der Waals surface area contributed by atoms with E-state index in [2.05, 4.69) is 66.0 Å². The summed E-state index contributed by atoms with van der Waals surface area (Å²) in [6.07, 6.45) is 1.24. The van der Waals surface area contributed by atoms with E-state index in [1.165, 1.54) is 17.5 Å². The molecule has 1 unspecified atom stereocenters. The lowest BCUT2D eigenvalue weighted by atomic mass is 10.1. The lowest BCUT2D eigenvalue weighted by Gasteiger charge is -2.22. The van der Waals surface area contributed by atoms with Crippen molar-refractivity contribution in [2.45, 2.75) is 26.8 Å². The third-order valence-electron chi connectivity index (χ3n) is 3.07. The average molecular weight is 284 g/mol. The van der Waals surface area contributed by atoms with Gasteiger partial charge in [0.2, 0.25) is 0 Å². The van der Waals surface area contributed by atoms with Gasteiger partial charge >= 0.3 is 0 Å². The molecule has 0 aliphatic rings. The second-order valence-corrected chi connectivity index (χ2v) is 5.20. The van der Waals surface area contributed by atoms with Crippen LogP contribution in [0.25, 0.3) is 0 Å². The van der Waals surface area contributed by atoms with Crippen molar-refractivity contribution in [2.75, 3.05) is 18.9 Å². The van der Waals surface area contributed by atoms with Crippen molar-refractivity contribution >= 4 is 15.9 Å². The van der Waals surface area contributed by atoms with Crippen LogP contribution in [0.15, 0.2) is 24.3 Å². The molecule has 0 radical (unpaired) electrons. The molecule has 1 nitrogen and oxygen atoms in total. The molecule has 0 bridgehead atoms. The van der Waals surface area contributed by atoms with E-state index in [1.54, 1.807) is 0 Å². The van der Waals surface area contributed by atoms with Crippen LogP contribution in [0, 0.1) is 12.8 Å². The Labute approximate surface area is 108 Å². The Morgan fingerprint density at radius 3 is 2.56 bits per heavy atom. The predicted molar refractivity (Wildman–Crippen MR) is 75.1 cm³/mol. The van der Waals surface area contributed by atoms with Gasteiger partial charge in [-0.2, -0.15) is 0 Å². The van der Waals surface area contributed by atoms with E-state index < -0.39 is 0 Å². The zero-order valence-corrected chi connectivity index (χ0v) is 12.1. The SMILES string of the molecule is CCC(CBr)CN(C)Cc1ccccc1C. The van der Waals surface area contributed by atoms with Crippen LogP contribution in [0.3, 0.4) is 0 Å². The highest BCUT2D eigenvalue weighted by Crippen LogP contribution is 2.13. The van der Waals surface area contributed by atoms with E-state index in [9.17, 15) is 0 Å². The Bertz CT molecular complexity index is 307. The maximum absolute atomic E-state index is 3.58. The minimum atomic E-state index is 0.758. The van der Waals surface area contributed by atoms with Gasteiger partial charge in [0.25, 0.3) is 0 Å². The minimum absolute atomic E-state index is 0.758. The molecule has 0 amide bonds. The van der Waals surface area contributed by atoms with Gasteiger partial charge in [-0.3, -0.25) is 0 Å². The zero-order valence-electron chi connectivity index (χ0n) is 10.5. The summed E-state index contributed by atoms with van der Waals surface area (Å²) < 4.78 is 0. The van der Waals surface area contributed by atoms with Crippen LogP contribution in [-0.4, -0.2) is 23.8 Å². The van der Waals surface area contributed by atoms with Crippen molar-refractivity contribution < 1.29 is 0 Å². The van der Waals surface area contributed by atoms with Gasteiger partial charge < -0.3 is 4.90 Å². The largest absolute Gasteiger partial charge is 0.302 e. The second kappa shape index (κ2) is 7.08. The number of aryl methyl sites for hydroxylation is 1. The Balaban J connectivity index is 2.51. The summed E-state index contributed by atoms with van der Waals surface area (Å²) in [7, 11) is 2.21. The number of benzene rings is 1. The van der Waals surface area contributed by atoms with Crippen LogP contribution >= 0.6 is 15.9 Å². The molecule has 1 atom stereocenters. The van der Waals surface area contributed by atoms with Gasteiger partial charge in [0.1, 0.15) is 0 Å². The van der Waals surface area contributed by atoms with E-state index in [0.717, 1.165) is 24.3 Å². The fraction of sp³-hybridized carbons (Fsp3) is 0.571. The highest BCUT2D eigenvalue weighted by Gasteiger charge is 2.09. The predicted octanol–water partition coefficient (Wildman–Crippen LogP) is 3.85. The van der Waals surface area contributed by atoms with Crippen LogP contribution in [0.4, 0.5) is 0 Å². The maximum Gasteiger partial charge on any atom is 0.0233 e. The quantitative estimate of drug-likeness (QED) is 0.717. The smallest absolute Gasteiger partial charge is 0.0233 e.